The zero-order valence-electron chi connectivity index (χ0n) is 6.08. The Balaban J connectivity index is 2.79. The molecule has 0 aliphatic rings. The van der Waals surface area contributed by atoms with E-state index < -0.39 is 0 Å². The molecule has 1 aromatic carbocycles. The average molecular weight is 181 g/mol. The van der Waals surface area contributed by atoms with Crippen LogP contribution in [0.25, 0.3) is 11.0 Å². The van der Waals surface area contributed by atoms with E-state index in [1.165, 1.54) is 6.26 Å². The zero-order chi connectivity index (χ0) is 8.55. The van der Waals surface area contributed by atoms with Crippen molar-refractivity contribution in [3.05, 3.63) is 35.0 Å². The maximum absolute atomic E-state index is 10.4. The summed E-state index contributed by atoms with van der Waals surface area (Å²) < 4.78 is 5.10. The molecule has 0 fully saturated rings. The van der Waals surface area contributed by atoms with E-state index in [1.807, 2.05) is 0 Å². The average Bonchev–Trinajstić information content (AvgIpc) is 2.47. The van der Waals surface area contributed by atoms with Crippen molar-refractivity contribution < 1.29 is 9.21 Å². The molecule has 2 aromatic rings. The predicted molar refractivity (Wildman–Crippen MR) is 46.6 cm³/mol. The lowest BCUT2D eigenvalue weighted by Gasteiger charge is -1.89. The van der Waals surface area contributed by atoms with E-state index in [0.29, 0.717) is 16.2 Å². The highest BCUT2D eigenvalue weighted by Gasteiger charge is 2.03. The van der Waals surface area contributed by atoms with Gasteiger partial charge in [-0.2, -0.15) is 0 Å². The van der Waals surface area contributed by atoms with Crippen LogP contribution in [0.5, 0.6) is 0 Å². The van der Waals surface area contributed by atoms with Crippen LogP contribution in [0.2, 0.25) is 5.02 Å². The summed E-state index contributed by atoms with van der Waals surface area (Å²) in [6.07, 6.45) is 2.24. The lowest BCUT2D eigenvalue weighted by Crippen LogP contribution is -1.76. The number of rotatable bonds is 1. The maximum Gasteiger partial charge on any atom is 0.150 e. The SMILES string of the molecule is O=Cc1ccc2occ(Cl)c2c1. The fourth-order valence-electron chi connectivity index (χ4n) is 1.09. The standard InChI is InChI=1S/C9H5ClO2/c10-8-5-12-9-2-1-6(4-11)3-7(8)9/h1-5H. The van der Waals surface area contributed by atoms with Gasteiger partial charge in [-0.1, -0.05) is 11.6 Å². The Kier molecular flexibility index (Phi) is 1.62. The van der Waals surface area contributed by atoms with Crippen LogP contribution in [0.15, 0.2) is 28.9 Å². The minimum Gasteiger partial charge on any atom is -0.463 e. The summed E-state index contributed by atoms with van der Waals surface area (Å²) in [4.78, 5) is 10.4. The summed E-state index contributed by atoms with van der Waals surface area (Å²) in [6, 6.07) is 5.12. The number of furan rings is 1. The highest BCUT2D eigenvalue weighted by molar-refractivity contribution is 6.35. The van der Waals surface area contributed by atoms with Gasteiger partial charge in [0.05, 0.1) is 5.02 Å². The second-order valence-electron chi connectivity index (χ2n) is 2.46. The quantitative estimate of drug-likeness (QED) is 0.632. The molecule has 2 rings (SSSR count). The summed E-state index contributed by atoms with van der Waals surface area (Å²) in [5, 5.41) is 1.31. The molecule has 0 bridgehead atoms. The van der Waals surface area contributed by atoms with Crippen molar-refractivity contribution in [2.24, 2.45) is 0 Å². The Hall–Kier alpha value is -1.28. The molecule has 0 unspecified atom stereocenters. The van der Waals surface area contributed by atoms with Crippen LogP contribution >= 0.6 is 11.6 Å². The van der Waals surface area contributed by atoms with Crippen molar-refractivity contribution in [1.82, 2.24) is 0 Å². The topological polar surface area (TPSA) is 30.2 Å². The van der Waals surface area contributed by atoms with Crippen molar-refractivity contribution in [3.8, 4) is 0 Å². The van der Waals surface area contributed by atoms with Gasteiger partial charge in [0, 0.05) is 10.9 Å². The van der Waals surface area contributed by atoms with E-state index in [4.69, 9.17) is 16.0 Å². The van der Waals surface area contributed by atoms with Crippen molar-refractivity contribution in [3.63, 3.8) is 0 Å². The van der Waals surface area contributed by atoms with Gasteiger partial charge >= 0.3 is 0 Å². The molecule has 0 aliphatic heterocycles. The second kappa shape index (κ2) is 2.64. The minimum atomic E-state index is 0.536. The Morgan fingerprint density at radius 1 is 1.42 bits per heavy atom. The third-order valence-electron chi connectivity index (χ3n) is 1.69. The fraction of sp³-hybridized carbons (Fsp3) is 0. The van der Waals surface area contributed by atoms with Gasteiger partial charge in [0.15, 0.2) is 0 Å². The highest BCUT2D eigenvalue weighted by Crippen LogP contribution is 2.25. The molecule has 1 heterocycles. The van der Waals surface area contributed by atoms with E-state index in [-0.39, 0.29) is 0 Å². The molecular weight excluding hydrogens is 176 g/mol. The number of hydrogen-bond donors (Lipinski definition) is 0. The number of halogens is 1. The summed E-state index contributed by atoms with van der Waals surface area (Å²) in [5.41, 5.74) is 1.30. The molecule has 60 valence electrons. The van der Waals surface area contributed by atoms with Gasteiger partial charge in [-0.05, 0) is 18.2 Å². The number of hydrogen-bond acceptors (Lipinski definition) is 2. The minimum absolute atomic E-state index is 0.536. The summed E-state index contributed by atoms with van der Waals surface area (Å²) in [7, 11) is 0. The van der Waals surface area contributed by atoms with Gasteiger partial charge in [0.25, 0.3) is 0 Å². The molecule has 0 saturated heterocycles. The summed E-state index contributed by atoms with van der Waals surface area (Å²) in [6.45, 7) is 0. The first-order chi connectivity index (χ1) is 5.81. The van der Waals surface area contributed by atoms with Crippen LogP contribution in [-0.2, 0) is 0 Å². The highest BCUT2D eigenvalue weighted by atomic mass is 35.5. The van der Waals surface area contributed by atoms with E-state index in [2.05, 4.69) is 0 Å². The molecule has 0 amide bonds. The zero-order valence-corrected chi connectivity index (χ0v) is 6.84. The second-order valence-corrected chi connectivity index (χ2v) is 2.86. The van der Waals surface area contributed by atoms with E-state index in [9.17, 15) is 4.79 Å². The molecule has 0 saturated carbocycles. The molecule has 0 aliphatic carbocycles. The van der Waals surface area contributed by atoms with Crippen LogP contribution in [0, 0.1) is 0 Å². The van der Waals surface area contributed by atoms with Gasteiger partial charge in [-0.3, -0.25) is 4.79 Å². The lowest BCUT2D eigenvalue weighted by atomic mass is 10.2. The van der Waals surface area contributed by atoms with Crippen molar-refractivity contribution in [1.29, 1.82) is 0 Å². The lowest BCUT2D eigenvalue weighted by molar-refractivity contribution is 0.112. The first kappa shape index (κ1) is 7.37. The van der Waals surface area contributed by atoms with E-state index >= 15 is 0 Å². The van der Waals surface area contributed by atoms with Gasteiger partial charge in [0.1, 0.15) is 18.1 Å². The Morgan fingerprint density at radius 3 is 3.00 bits per heavy atom. The first-order valence-electron chi connectivity index (χ1n) is 3.43. The number of carbonyl (C=O) groups is 1. The van der Waals surface area contributed by atoms with Gasteiger partial charge < -0.3 is 4.42 Å². The molecule has 0 N–H and O–H groups in total. The Morgan fingerprint density at radius 2 is 2.25 bits per heavy atom. The number of fused-ring (bicyclic) bond motifs is 1. The Bertz CT molecular complexity index is 431. The van der Waals surface area contributed by atoms with Crippen molar-refractivity contribution >= 4 is 28.9 Å². The van der Waals surface area contributed by atoms with Gasteiger partial charge in [-0.25, -0.2) is 0 Å². The Labute approximate surface area is 73.7 Å². The van der Waals surface area contributed by atoms with Crippen LogP contribution in [0.3, 0.4) is 0 Å². The predicted octanol–water partition coefficient (Wildman–Crippen LogP) is 2.90. The third-order valence-corrected chi connectivity index (χ3v) is 1.98. The summed E-state index contributed by atoms with van der Waals surface area (Å²) in [5.74, 6) is 0. The third kappa shape index (κ3) is 1.01. The number of benzene rings is 1. The number of aldehydes is 1. The molecule has 0 spiro atoms. The van der Waals surface area contributed by atoms with Crippen molar-refractivity contribution in [2.75, 3.05) is 0 Å². The molecule has 1 aromatic heterocycles. The smallest absolute Gasteiger partial charge is 0.150 e. The molecule has 3 heteroatoms. The first-order valence-corrected chi connectivity index (χ1v) is 3.81. The molecule has 0 atom stereocenters. The number of carbonyl (C=O) groups excluding carboxylic acids is 1. The van der Waals surface area contributed by atoms with Crippen molar-refractivity contribution in [2.45, 2.75) is 0 Å². The van der Waals surface area contributed by atoms with E-state index in [1.54, 1.807) is 18.2 Å². The van der Waals surface area contributed by atoms with Gasteiger partial charge in [-0.15, -0.1) is 0 Å². The van der Waals surface area contributed by atoms with E-state index in [0.717, 1.165) is 11.7 Å². The molecule has 0 radical (unpaired) electrons. The monoisotopic (exact) mass is 180 g/mol. The summed E-state index contributed by atoms with van der Waals surface area (Å²) >= 11 is 5.79. The van der Waals surface area contributed by atoms with Crippen LogP contribution in [0.4, 0.5) is 0 Å². The molecular formula is C9H5ClO2. The molecule has 2 nitrogen and oxygen atoms in total. The van der Waals surface area contributed by atoms with Crippen LogP contribution < -0.4 is 0 Å². The fourth-order valence-corrected chi connectivity index (χ4v) is 1.28. The van der Waals surface area contributed by atoms with Gasteiger partial charge in [0.2, 0.25) is 0 Å². The van der Waals surface area contributed by atoms with Crippen LogP contribution in [0.1, 0.15) is 10.4 Å². The molecule has 12 heavy (non-hydrogen) atoms. The van der Waals surface area contributed by atoms with Crippen LogP contribution in [-0.4, -0.2) is 6.29 Å². The largest absolute Gasteiger partial charge is 0.463 e. The normalized spacial score (nSPS) is 10.4. The maximum atomic E-state index is 10.4.